The first-order valence-electron chi connectivity index (χ1n) is 6.59. The van der Waals surface area contributed by atoms with E-state index in [0.717, 1.165) is 5.56 Å². The van der Waals surface area contributed by atoms with E-state index in [4.69, 9.17) is 5.11 Å². The molecule has 0 aliphatic rings. The lowest BCUT2D eigenvalue weighted by molar-refractivity contribution is -0.127. The number of rotatable bonds is 6. The molecule has 1 amide bonds. The van der Waals surface area contributed by atoms with Crippen LogP contribution >= 0.6 is 0 Å². The van der Waals surface area contributed by atoms with Crippen molar-refractivity contribution in [2.45, 2.75) is 26.4 Å². The maximum atomic E-state index is 12.1. The number of benzene rings is 1. The van der Waals surface area contributed by atoms with Gasteiger partial charge in [-0.1, -0.05) is 26.0 Å². The van der Waals surface area contributed by atoms with Crippen LogP contribution in [-0.4, -0.2) is 42.0 Å². The zero-order valence-corrected chi connectivity index (χ0v) is 12.4. The van der Waals surface area contributed by atoms with Gasteiger partial charge in [-0.3, -0.25) is 9.69 Å². The Morgan fingerprint density at radius 1 is 1.20 bits per heavy atom. The molecule has 0 spiro atoms. The van der Waals surface area contributed by atoms with E-state index < -0.39 is 5.97 Å². The molecule has 5 nitrogen and oxygen atoms in total. The molecule has 1 aromatic rings. The van der Waals surface area contributed by atoms with E-state index >= 15 is 0 Å². The molecular formula is C15H22N2O3. The highest BCUT2D eigenvalue weighted by atomic mass is 16.4. The molecule has 0 bridgehead atoms. The molecule has 2 N–H and O–H groups in total. The number of carbonyl (C=O) groups is 2. The third-order valence-corrected chi connectivity index (χ3v) is 3.12. The summed E-state index contributed by atoms with van der Waals surface area (Å²) in [6.45, 7) is 4.41. The predicted octanol–water partition coefficient (Wildman–Crippen LogP) is 1.59. The lowest BCUT2D eigenvalue weighted by Crippen LogP contribution is -2.46. The van der Waals surface area contributed by atoms with Crippen LogP contribution < -0.4 is 5.32 Å². The molecule has 0 heterocycles. The van der Waals surface area contributed by atoms with Gasteiger partial charge in [-0.2, -0.15) is 0 Å². The zero-order valence-electron chi connectivity index (χ0n) is 12.4. The van der Waals surface area contributed by atoms with Crippen LogP contribution in [0.4, 0.5) is 0 Å². The van der Waals surface area contributed by atoms with Gasteiger partial charge in [0.1, 0.15) is 0 Å². The Kier molecular flexibility index (Phi) is 5.70. The van der Waals surface area contributed by atoms with Crippen LogP contribution in [0.3, 0.4) is 0 Å². The Morgan fingerprint density at radius 3 is 2.15 bits per heavy atom. The second-order valence-corrected chi connectivity index (χ2v) is 5.37. The van der Waals surface area contributed by atoms with Crippen LogP contribution in [0.2, 0.25) is 0 Å². The number of nitrogens with zero attached hydrogens (tertiary/aromatic N) is 1. The molecule has 0 aromatic heterocycles. The summed E-state index contributed by atoms with van der Waals surface area (Å²) >= 11 is 0. The van der Waals surface area contributed by atoms with E-state index in [1.165, 1.54) is 12.1 Å². The number of carboxylic acids is 1. The Bertz CT molecular complexity index is 459. The Morgan fingerprint density at radius 2 is 1.75 bits per heavy atom. The summed E-state index contributed by atoms with van der Waals surface area (Å²) in [5.41, 5.74) is 1.12. The van der Waals surface area contributed by atoms with E-state index in [1.807, 2.05) is 32.8 Å². The minimum absolute atomic E-state index is 0.0210. The van der Waals surface area contributed by atoms with Crippen molar-refractivity contribution in [1.29, 1.82) is 0 Å². The standard InChI is InChI=1S/C15H22N2O3/c1-10(2)13(17(3)4)14(18)16-9-11-5-7-12(8-6-11)15(19)20/h5-8,10,13H,9H2,1-4H3,(H,16,18)(H,19,20). The number of aromatic carboxylic acids is 1. The van der Waals surface area contributed by atoms with Gasteiger partial charge in [-0.05, 0) is 37.7 Å². The van der Waals surface area contributed by atoms with Crippen LogP contribution in [-0.2, 0) is 11.3 Å². The summed E-state index contributed by atoms with van der Waals surface area (Å²) in [6.07, 6.45) is 0. The van der Waals surface area contributed by atoms with Crippen molar-refractivity contribution in [3.63, 3.8) is 0 Å². The van der Waals surface area contributed by atoms with Crippen molar-refractivity contribution in [1.82, 2.24) is 10.2 Å². The zero-order chi connectivity index (χ0) is 15.3. The summed E-state index contributed by atoms with van der Waals surface area (Å²) < 4.78 is 0. The second kappa shape index (κ2) is 7.05. The highest BCUT2D eigenvalue weighted by Crippen LogP contribution is 2.09. The highest BCUT2D eigenvalue weighted by molar-refractivity contribution is 5.87. The van der Waals surface area contributed by atoms with Crippen molar-refractivity contribution in [2.75, 3.05) is 14.1 Å². The van der Waals surface area contributed by atoms with Gasteiger partial charge in [0.25, 0.3) is 0 Å². The number of carbonyl (C=O) groups excluding carboxylic acids is 1. The van der Waals surface area contributed by atoms with Crippen molar-refractivity contribution < 1.29 is 14.7 Å². The van der Waals surface area contributed by atoms with Gasteiger partial charge in [0.05, 0.1) is 11.6 Å². The van der Waals surface area contributed by atoms with E-state index in [1.54, 1.807) is 12.1 Å². The van der Waals surface area contributed by atoms with Gasteiger partial charge in [0, 0.05) is 6.54 Å². The maximum Gasteiger partial charge on any atom is 0.335 e. The largest absolute Gasteiger partial charge is 0.478 e. The first-order chi connectivity index (χ1) is 9.32. The van der Waals surface area contributed by atoms with Gasteiger partial charge in [-0.15, -0.1) is 0 Å². The third kappa shape index (κ3) is 4.35. The molecule has 0 saturated carbocycles. The van der Waals surface area contributed by atoms with Crippen molar-refractivity contribution >= 4 is 11.9 Å². The molecule has 110 valence electrons. The molecule has 5 heteroatoms. The predicted molar refractivity (Wildman–Crippen MR) is 77.6 cm³/mol. The van der Waals surface area contributed by atoms with E-state index in [0.29, 0.717) is 6.54 Å². The number of carboxylic acid groups (broad SMARTS) is 1. The second-order valence-electron chi connectivity index (χ2n) is 5.37. The fourth-order valence-corrected chi connectivity index (χ4v) is 2.19. The van der Waals surface area contributed by atoms with Gasteiger partial charge >= 0.3 is 5.97 Å². The third-order valence-electron chi connectivity index (χ3n) is 3.12. The minimum Gasteiger partial charge on any atom is -0.478 e. The monoisotopic (exact) mass is 278 g/mol. The number of likely N-dealkylation sites (N-methyl/N-ethyl adjacent to an activating group) is 1. The fourth-order valence-electron chi connectivity index (χ4n) is 2.19. The summed E-state index contributed by atoms with van der Waals surface area (Å²) in [7, 11) is 3.76. The van der Waals surface area contributed by atoms with Crippen molar-refractivity contribution in [3.8, 4) is 0 Å². The van der Waals surface area contributed by atoms with Gasteiger partial charge in [0.2, 0.25) is 5.91 Å². The topological polar surface area (TPSA) is 69.6 Å². The molecule has 20 heavy (non-hydrogen) atoms. The average molecular weight is 278 g/mol. The molecule has 0 aliphatic heterocycles. The van der Waals surface area contributed by atoms with E-state index in [2.05, 4.69) is 5.32 Å². The quantitative estimate of drug-likeness (QED) is 0.829. The molecule has 0 radical (unpaired) electrons. The highest BCUT2D eigenvalue weighted by Gasteiger charge is 2.23. The Balaban J connectivity index is 2.62. The van der Waals surface area contributed by atoms with Crippen molar-refractivity contribution in [3.05, 3.63) is 35.4 Å². The molecular weight excluding hydrogens is 256 g/mol. The molecule has 1 aromatic carbocycles. The molecule has 0 aliphatic carbocycles. The first-order valence-corrected chi connectivity index (χ1v) is 6.59. The van der Waals surface area contributed by atoms with E-state index in [-0.39, 0.29) is 23.4 Å². The molecule has 0 saturated heterocycles. The normalized spacial score (nSPS) is 12.5. The number of amides is 1. The van der Waals surface area contributed by atoms with Crippen molar-refractivity contribution in [2.24, 2.45) is 5.92 Å². The van der Waals surface area contributed by atoms with Gasteiger partial charge in [0.15, 0.2) is 0 Å². The smallest absolute Gasteiger partial charge is 0.335 e. The van der Waals surface area contributed by atoms with Crippen LogP contribution in [0.25, 0.3) is 0 Å². The van der Waals surface area contributed by atoms with Gasteiger partial charge in [-0.25, -0.2) is 4.79 Å². The fraction of sp³-hybridized carbons (Fsp3) is 0.467. The number of hydrogen-bond donors (Lipinski definition) is 2. The summed E-state index contributed by atoms with van der Waals surface area (Å²) in [6, 6.07) is 6.33. The van der Waals surface area contributed by atoms with Gasteiger partial charge < -0.3 is 10.4 Å². The lowest BCUT2D eigenvalue weighted by atomic mass is 10.0. The maximum absolute atomic E-state index is 12.1. The number of hydrogen-bond acceptors (Lipinski definition) is 3. The van der Waals surface area contributed by atoms with E-state index in [9.17, 15) is 9.59 Å². The average Bonchev–Trinajstić information content (AvgIpc) is 2.36. The van der Waals surface area contributed by atoms with Crippen LogP contribution in [0, 0.1) is 5.92 Å². The molecule has 0 fully saturated rings. The Hall–Kier alpha value is -1.88. The molecule has 1 atom stereocenters. The molecule has 1 unspecified atom stereocenters. The first kappa shape index (κ1) is 16.2. The van der Waals surface area contributed by atoms with Crippen LogP contribution in [0.15, 0.2) is 24.3 Å². The molecule has 1 rings (SSSR count). The number of nitrogens with one attached hydrogen (secondary N) is 1. The summed E-state index contributed by atoms with van der Waals surface area (Å²) in [5, 5.41) is 11.7. The summed E-state index contributed by atoms with van der Waals surface area (Å²) in [5.74, 6) is -0.750. The lowest BCUT2D eigenvalue weighted by Gasteiger charge is -2.26. The van der Waals surface area contributed by atoms with Crippen LogP contribution in [0.1, 0.15) is 29.8 Å². The Labute approximate surface area is 119 Å². The summed E-state index contributed by atoms with van der Waals surface area (Å²) in [4.78, 5) is 24.8. The SMILES string of the molecule is CC(C)C(C(=O)NCc1ccc(C(=O)O)cc1)N(C)C. The minimum atomic E-state index is -0.951. The van der Waals surface area contributed by atoms with Crippen LogP contribution in [0.5, 0.6) is 0 Å².